The Morgan fingerprint density at radius 3 is 1.64 bits per heavy atom. The molecular weight excluding hydrogens is 516 g/mol. The largest absolute Gasteiger partial charge is 0.328 e. The van der Waals surface area contributed by atoms with Crippen LogP contribution in [-0.4, -0.2) is 30.1 Å². The Balaban J connectivity index is 1.42. The molecule has 0 spiro atoms. The quantitative estimate of drug-likeness (QED) is 0.209. The molecule has 0 aliphatic carbocycles. The van der Waals surface area contributed by atoms with E-state index in [0.717, 1.165) is 71.5 Å². The molecule has 0 saturated heterocycles. The number of hydrogen-bond acceptors (Lipinski definition) is 3. The first-order valence-electron chi connectivity index (χ1n) is 14.0. The van der Waals surface area contributed by atoms with Crippen molar-refractivity contribution in [3.05, 3.63) is 122 Å². The van der Waals surface area contributed by atoms with E-state index in [0.29, 0.717) is 5.82 Å². The number of fused-ring (bicyclic) bond motifs is 2. The van der Waals surface area contributed by atoms with Crippen molar-refractivity contribution in [2.45, 2.75) is 0 Å². The van der Waals surface area contributed by atoms with E-state index in [-0.39, 0.29) is 6.03 Å². The third kappa shape index (κ3) is 3.47. The minimum atomic E-state index is -0.0405. The number of rotatable bonds is 3. The average Bonchev–Trinajstić information content (AvgIpc) is 3.05. The Kier molecular flexibility index (Phi) is 5.34. The Hall–Kier alpha value is -5.55. The number of carbonyl (C=O) groups is 1. The number of urea groups is 1. The Morgan fingerprint density at radius 1 is 0.500 bits per heavy atom. The van der Waals surface area contributed by atoms with Gasteiger partial charge in [-0.25, -0.2) is 14.8 Å². The van der Waals surface area contributed by atoms with Crippen molar-refractivity contribution >= 4 is 49.7 Å². The van der Waals surface area contributed by atoms with E-state index in [9.17, 15) is 4.79 Å². The maximum atomic E-state index is 12.9. The first kappa shape index (κ1) is 24.3. The van der Waals surface area contributed by atoms with Gasteiger partial charge in [0.1, 0.15) is 0 Å². The molecule has 42 heavy (non-hydrogen) atoms. The van der Waals surface area contributed by atoms with Crippen LogP contribution < -0.4 is 9.80 Å². The summed E-state index contributed by atoms with van der Waals surface area (Å²) >= 11 is 0. The molecule has 0 saturated carbocycles. The van der Waals surface area contributed by atoms with E-state index in [2.05, 4.69) is 78.9 Å². The van der Waals surface area contributed by atoms with Crippen molar-refractivity contribution in [1.82, 2.24) is 9.97 Å². The maximum absolute atomic E-state index is 12.9. The third-order valence-corrected chi connectivity index (χ3v) is 8.48. The number of hydrogen-bond donors (Lipinski definition) is 0. The molecule has 5 nitrogen and oxygen atoms in total. The summed E-state index contributed by atoms with van der Waals surface area (Å²) < 4.78 is 0. The standard InChI is InChI=1S/C37H26N4O/c1-40-31-18-10-17-29-30(19-20-32(35(29)31)41(2)37(40)42)33-25-13-6-8-15-27(25)34(28-16-9-7-14-26(28)33)36-38-21-24(22-39-36)23-11-4-3-5-12-23/h3-22H,1-2H3. The van der Waals surface area contributed by atoms with Gasteiger partial charge in [-0.2, -0.15) is 0 Å². The van der Waals surface area contributed by atoms with Crippen molar-refractivity contribution in [1.29, 1.82) is 0 Å². The highest BCUT2D eigenvalue weighted by Crippen LogP contribution is 2.48. The summed E-state index contributed by atoms with van der Waals surface area (Å²) in [4.78, 5) is 26.2. The van der Waals surface area contributed by atoms with Gasteiger partial charge in [-0.05, 0) is 55.8 Å². The van der Waals surface area contributed by atoms with Crippen LogP contribution in [0.25, 0.3) is 66.0 Å². The normalized spacial score (nSPS) is 13.0. The number of carbonyl (C=O) groups excluding carboxylic acids is 1. The van der Waals surface area contributed by atoms with Crippen molar-refractivity contribution in [3.8, 4) is 33.6 Å². The zero-order valence-electron chi connectivity index (χ0n) is 23.2. The van der Waals surface area contributed by atoms with Crippen LogP contribution in [0.15, 0.2) is 122 Å². The van der Waals surface area contributed by atoms with Gasteiger partial charge in [0.05, 0.1) is 11.4 Å². The second-order valence-corrected chi connectivity index (χ2v) is 10.7. The molecule has 0 radical (unpaired) electrons. The molecule has 2 heterocycles. The average molecular weight is 543 g/mol. The molecule has 1 aliphatic rings. The molecule has 1 aromatic heterocycles. The highest BCUT2D eigenvalue weighted by atomic mass is 16.2. The van der Waals surface area contributed by atoms with Crippen LogP contribution in [-0.2, 0) is 0 Å². The molecular formula is C37H26N4O. The molecule has 8 rings (SSSR count). The minimum Gasteiger partial charge on any atom is -0.296 e. The Bertz CT molecular complexity index is 2110. The van der Waals surface area contributed by atoms with Crippen LogP contribution >= 0.6 is 0 Å². The predicted octanol–water partition coefficient (Wildman–Crippen LogP) is 8.94. The second kappa shape index (κ2) is 9.25. The maximum Gasteiger partial charge on any atom is 0.328 e. The SMILES string of the molecule is CN1C(=O)N(C)c2ccc(-c3c4ccccc4c(-c4ncc(-c5ccccc5)cn4)c4ccccc34)c3cccc1c23. The van der Waals surface area contributed by atoms with E-state index in [1.54, 1.807) is 9.80 Å². The van der Waals surface area contributed by atoms with Crippen molar-refractivity contribution in [2.24, 2.45) is 0 Å². The summed E-state index contributed by atoms with van der Waals surface area (Å²) in [7, 11) is 3.68. The summed E-state index contributed by atoms with van der Waals surface area (Å²) in [6, 6.07) is 37.7. The van der Waals surface area contributed by atoms with E-state index in [1.807, 2.05) is 56.8 Å². The minimum absolute atomic E-state index is 0.0405. The Morgan fingerprint density at radius 2 is 1.02 bits per heavy atom. The van der Waals surface area contributed by atoms with Gasteiger partial charge < -0.3 is 0 Å². The van der Waals surface area contributed by atoms with Gasteiger partial charge in [0, 0.05) is 43.0 Å². The zero-order chi connectivity index (χ0) is 28.4. The first-order valence-corrected chi connectivity index (χ1v) is 14.0. The molecule has 5 heteroatoms. The lowest BCUT2D eigenvalue weighted by molar-refractivity contribution is 0.253. The van der Waals surface area contributed by atoms with Crippen LogP contribution in [0.5, 0.6) is 0 Å². The Labute approximate surface area is 243 Å². The molecule has 6 aromatic carbocycles. The monoisotopic (exact) mass is 542 g/mol. The zero-order valence-corrected chi connectivity index (χ0v) is 23.2. The predicted molar refractivity (Wildman–Crippen MR) is 173 cm³/mol. The first-order chi connectivity index (χ1) is 20.6. The van der Waals surface area contributed by atoms with E-state index < -0.39 is 0 Å². The summed E-state index contributed by atoms with van der Waals surface area (Å²) in [5.74, 6) is 0.701. The summed E-state index contributed by atoms with van der Waals surface area (Å²) in [5.41, 5.74) is 7.24. The number of aromatic nitrogens is 2. The van der Waals surface area contributed by atoms with Crippen LogP contribution in [0.4, 0.5) is 16.2 Å². The van der Waals surface area contributed by atoms with E-state index >= 15 is 0 Å². The number of amides is 2. The molecule has 7 aromatic rings. The highest BCUT2D eigenvalue weighted by molar-refractivity contribution is 6.26. The summed E-state index contributed by atoms with van der Waals surface area (Å²) in [6.45, 7) is 0. The van der Waals surface area contributed by atoms with Crippen molar-refractivity contribution in [2.75, 3.05) is 23.9 Å². The van der Waals surface area contributed by atoms with Crippen LogP contribution in [0.3, 0.4) is 0 Å². The summed E-state index contributed by atoms with van der Waals surface area (Å²) in [5, 5.41) is 6.67. The van der Waals surface area contributed by atoms with E-state index in [1.165, 1.54) is 0 Å². The van der Waals surface area contributed by atoms with Crippen LogP contribution in [0.2, 0.25) is 0 Å². The molecule has 0 fully saturated rings. The fraction of sp³-hybridized carbons (Fsp3) is 0.0541. The summed E-state index contributed by atoms with van der Waals surface area (Å²) in [6.07, 6.45) is 3.82. The molecule has 1 aliphatic heterocycles. The van der Waals surface area contributed by atoms with Gasteiger partial charge in [-0.1, -0.05) is 97.1 Å². The topological polar surface area (TPSA) is 49.3 Å². The van der Waals surface area contributed by atoms with Gasteiger partial charge >= 0.3 is 6.03 Å². The molecule has 0 bridgehead atoms. The smallest absolute Gasteiger partial charge is 0.296 e. The fourth-order valence-corrected chi connectivity index (χ4v) is 6.47. The lowest BCUT2D eigenvalue weighted by Gasteiger charge is -2.33. The lowest BCUT2D eigenvalue weighted by atomic mass is 9.85. The van der Waals surface area contributed by atoms with Crippen molar-refractivity contribution < 1.29 is 4.79 Å². The molecule has 2 amide bonds. The van der Waals surface area contributed by atoms with Gasteiger partial charge in [0.15, 0.2) is 5.82 Å². The second-order valence-electron chi connectivity index (χ2n) is 10.7. The fourth-order valence-electron chi connectivity index (χ4n) is 6.47. The van der Waals surface area contributed by atoms with Gasteiger partial charge in [0.2, 0.25) is 0 Å². The number of anilines is 2. The highest BCUT2D eigenvalue weighted by Gasteiger charge is 2.29. The van der Waals surface area contributed by atoms with Crippen LogP contribution in [0.1, 0.15) is 0 Å². The van der Waals surface area contributed by atoms with Gasteiger partial charge in [0.25, 0.3) is 0 Å². The van der Waals surface area contributed by atoms with Gasteiger partial charge in [-0.15, -0.1) is 0 Å². The number of nitrogens with zero attached hydrogens (tertiary/aromatic N) is 4. The van der Waals surface area contributed by atoms with Gasteiger partial charge in [-0.3, -0.25) is 9.80 Å². The number of benzene rings is 6. The molecule has 0 unspecified atom stereocenters. The van der Waals surface area contributed by atoms with Crippen LogP contribution in [0, 0.1) is 0 Å². The molecule has 200 valence electrons. The third-order valence-electron chi connectivity index (χ3n) is 8.48. The molecule has 0 N–H and O–H groups in total. The lowest BCUT2D eigenvalue weighted by Crippen LogP contribution is -2.41. The van der Waals surface area contributed by atoms with E-state index in [4.69, 9.17) is 9.97 Å². The van der Waals surface area contributed by atoms with Crippen molar-refractivity contribution in [3.63, 3.8) is 0 Å². The molecule has 0 atom stereocenters.